The van der Waals surface area contributed by atoms with Crippen molar-refractivity contribution in [1.82, 2.24) is 5.43 Å². The Bertz CT molecular complexity index is 196. The van der Waals surface area contributed by atoms with Crippen LogP contribution in [-0.4, -0.2) is 16.5 Å². The SMILES string of the molecule is CC1(C(NN)C2CCCCC2)CCCS1. The molecule has 2 aliphatic rings. The van der Waals surface area contributed by atoms with E-state index in [2.05, 4.69) is 24.1 Å². The van der Waals surface area contributed by atoms with Crippen molar-refractivity contribution in [2.24, 2.45) is 11.8 Å². The summed E-state index contributed by atoms with van der Waals surface area (Å²) in [6.07, 6.45) is 9.70. The van der Waals surface area contributed by atoms with E-state index >= 15 is 0 Å². The molecule has 1 saturated heterocycles. The zero-order valence-electron chi connectivity index (χ0n) is 9.80. The first-order chi connectivity index (χ1) is 7.26. The maximum atomic E-state index is 5.81. The number of hydrogen-bond donors (Lipinski definition) is 2. The van der Waals surface area contributed by atoms with Crippen LogP contribution in [-0.2, 0) is 0 Å². The molecule has 88 valence electrons. The Morgan fingerprint density at radius 3 is 2.53 bits per heavy atom. The fourth-order valence-corrected chi connectivity index (χ4v) is 4.81. The van der Waals surface area contributed by atoms with Crippen LogP contribution in [0.4, 0.5) is 0 Å². The van der Waals surface area contributed by atoms with E-state index in [-0.39, 0.29) is 0 Å². The largest absolute Gasteiger partial charge is 0.271 e. The molecular formula is C12H24N2S. The number of rotatable bonds is 3. The molecule has 2 rings (SSSR count). The molecule has 0 aromatic carbocycles. The van der Waals surface area contributed by atoms with Crippen LogP contribution in [0.15, 0.2) is 0 Å². The van der Waals surface area contributed by atoms with Gasteiger partial charge in [0.2, 0.25) is 0 Å². The lowest BCUT2D eigenvalue weighted by molar-refractivity contribution is 0.230. The summed E-state index contributed by atoms with van der Waals surface area (Å²) in [4.78, 5) is 0. The zero-order valence-corrected chi connectivity index (χ0v) is 10.6. The third-order valence-electron chi connectivity index (χ3n) is 4.21. The van der Waals surface area contributed by atoms with Crippen LogP contribution in [0.1, 0.15) is 51.9 Å². The van der Waals surface area contributed by atoms with Crippen LogP contribution < -0.4 is 11.3 Å². The summed E-state index contributed by atoms with van der Waals surface area (Å²) in [7, 11) is 0. The first-order valence-corrected chi connectivity index (χ1v) is 7.35. The molecule has 2 unspecified atom stereocenters. The van der Waals surface area contributed by atoms with Crippen LogP contribution in [0.5, 0.6) is 0 Å². The van der Waals surface area contributed by atoms with Crippen LogP contribution in [0, 0.1) is 5.92 Å². The fraction of sp³-hybridized carbons (Fsp3) is 1.00. The Labute approximate surface area is 97.7 Å². The summed E-state index contributed by atoms with van der Waals surface area (Å²) in [5.74, 6) is 7.94. The third kappa shape index (κ3) is 2.51. The fourth-order valence-electron chi connectivity index (χ4n) is 3.32. The average Bonchev–Trinajstić information content (AvgIpc) is 2.68. The lowest BCUT2D eigenvalue weighted by Gasteiger charge is -2.40. The van der Waals surface area contributed by atoms with Gasteiger partial charge in [-0.15, -0.1) is 0 Å². The Hall–Kier alpha value is 0.270. The van der Waals surface area contributed by atoms with E-state index in [4.69, 9.17) is 5.84 Å². The highest BCUT2D eigenvalue weighted by molar-refractivity contribution is 8.00. The second kappa shape index (κ2) is 5.07. The Kier molecular flexibility index (Phi) is 3.97. The van der Waals surface area contributed by atoms with Gasteiger partial charge in [0.25, 0.3) is 0 Å². The van der Waals surface area contributed by atoms with E-state index in [1.165, 1.54) is 50.7 Å². The van der Waals surface area contributed by atoms with Crippen molar-refractivity contribution < 1.29 is 0 Å². The standard InChI is InChI=1S/C12H24N2S/c1-12(8-5-9-15-12)11(14-13)10-6-3-2-4-7-10/h10-11,14H,2-9,13H2,1H3. The molecule has 1 aliphatic heterocycles. The van der Waals surface area contributed by atoms with Gasteiger partial charge in [0.05, 0.1) is 0 Å². The van der Waals surface area contributed by atoms with Gasteiger partial charge in [-0.05, 0) is 44.3 Å². The molecule has 0 radical (unpaired) electrons. The molecule has 0 bridgehead atoms. The maximum Gasteiger partial charge on any atom is 0.0383 e. The van der Waals surface area contributed by atoms with Crippen molar-refractivity contribution >= 4 is 11.8 Å². The van der Waals surface area contributed by atoms with Gasteiger partial charge in [-0.2, -0.15) is 11.8 Å². The zero-order chi connectivity index (χ0) is 10.7. The molecular weight excluding hydrogens is 204 g/mol. The molecule has 0 aromatic heterocycles. The smallest absolute Gasteiger partial charge is 0.0383 e. The summed E-state index contributed by atoms with van der Waals surface area (Å²) >= 11 is 2.13. The van der Waals surface area contributed by atoms with Crippen molar-refractivity contribution in [3.8, 4) is 0 Å². The molecule has 1 aliphatic carbocycles. The first-order valence-electron chi connectivity index (χ1n) is 6.36. The van der Waals surface area contributed by atoms with Crippen molar-refractivity contribution in [3.05, 3.63) is 0 Å². The Morgan fingerprint density at radius 2 is 2.00 bits per heavy atom. The van der Waals surface area contributed by atoms with Crippen molar-refractivity contribution in [2.75, 3.05) is 5.75 Å². The molecule has 1 heterocycles. The molecule has 2 atom stereocenters. The first kappa shape index (κ1) is 11.7. The number of nitrogens with two attached hydrogens (primary N) is 1. The summed E-state index contributed by atoms with van der Waals surface area (Å²) < 4.78 is 0.400. The van der Waals surface area contributed by atoms with Crippen LogP contribution in [0.2, 0.25) is 0 Å². The highest BCUT2D eigenvalue weighted by atomic mass is 32.2. The van der Waals surface area contributed by atoms with Crippen LogP contribution in [0.25, 0.3) is 0 Å². The van der Waals surface area contributed by atoms with Gasteiger partial charge in [-0.3, -0.25) is 11.3 Å². The molecule has 2 nitrogen and oxygen atoms in total. The molecule has 15 heavy (non-hydrogen) atoms. The monoisotopic (exact) mass is 228 g/mol. The molecule has 3 N–H and O–H groups in total. The maximum absolute atomic E-state index is 5.81. The Morgan fingerprint density at radius 1 is 1.27 bits per heavy atom. The summed E-state index contributed by atoms with van der Waals surface area (Å²) in [5, 5.41) is 0. The summed E-state index contributed by atoms with van der Waals surface area (Å²) in [6, 6.07) is 0.533. The van der Waals surface area contributed by atoms with Gasteiger partial charge in [-0.25, -0.2) is 0 Å². The van der Waals surface area contributed by atoms with Gasteiger partial charge in [0, 0.05) is 10.8 Å². The minimum absolute atomic E-state index is 0.400. The second-order valence-corrected chi connectivity index (χ2v) is 6.94. The lowest BCUT2D eigenvalue weighted by atomic mass is 9.78. The van der Waals surface area contributed by atoms with E-state index in [0.29, 0.717) is 10.8 Å². The van der Waals surface area contributed by atoms with Gasteiger partial charge in [0.15, 0.2) is 0 Å². The number of hydrogen-bond acceptors (Lipinski definition) is 3. The minimum Gasteiger partial charge on any atom is -0.271 e. The van der Waals surface area contributed by atoms with Crippen molar-refractivity contribution in [2.45, 2.75) is 62.7 Å². The van der Waals surface area contributed by atoms with E-state index in [0.717, 1.165) is 5.92 Å². The lowest BCUT2D eigenvalue weighted by Crippen LogP contribution is -2.53. The molecule has 0 amide bonds. The Balaban J connectivity index is 2.01. The van der Waals surface area contributed by atoms with Crippen molar-refractivity contribution in [3.63, 3.8) is 0 Å². The van der Waals surface area contributed by atoms with Gasteiger partial charge < -0.3 is 0 Å². The van der Waals surface area contributed by atoms with Crippen molar-refractivity contribution in [1.29, 1.82) is 0 Å². The van der Waals surface area contributed by atoms with Gasteiger partial charge in [0.1, 0.15) is 0 Å². The second-order valence-electron chi connectivity index (χ2n) is 5.31. The molecule has 0 spiro atoms. The minimum atomic E-state index is 0.400. The average molecular weight is 228 g/mol. The van der Waals surface area contributed by atoms with Crippen LogP contribution >= 0.6 is 11.8 Å². The number of hydrazine groups is 1. The highest BCUT2D eigenvalue weighted by Gasteiger charge is 2.41. The summed E-state index contributed by atoms with van der Waals surface area (Å²) in [5.41, 5.74) is 3.13. The molecule has 2 fully saturated rings. The van der Waals surface area contributed by atoms with Crippen LogP contribution in [0.3, 0.4) is 0 Å². The predicted octanol–water partition coefficient (Wildman–Crippen LogP) is 2.68. The highest BCUT2D eigenvalue weighted by Crippen LogP contribution is 2.44. The van der Waals surface area contributed by atoms with E-state index in [1.54, 1.807) is 0 Å². The normalized spacial score (nSPS) is 35.6. The quantitative estimate of drug-likeness (QED) is 0.576. The summed E-state index contributed by atoms with van der Waals surface area (Å²) in [6.45, 7) is 2.41. The number of thioether (sulfide) groups is 1. The van der Waals surface area contributed by atoms with Gasteiger partial charge in [-0.1, -0.05) is 19.3 Å². The topological polar surface area (TPSA) is 38.0 Å². The van der Waals surface area contributed by atoms with E-state index < -0.39 is 0 Å². The van der Waals surface area contributed by atoms with E-state index in [9.17, 15) is 0 Å². The predicted molar refractivity (Wildman–Crippen MR) is 67.8 cm³/mol. The molecule has 3 heteroatoms. The molecule has 0 aromatic rings. The van der Waals surface area contributed by atoms with E-state index in [1.807, 2.05) is 0 Å². The van der Waals surface area contributed by atoms with Gasteiger partial charge >= 0.3 is 0 Å². The third-order valence-corrected chi connectivity index (χ3v) is 5.82. The number of nitrogens with one attached hydrogen (secondary N) is 1. The molecule has 1 saturated carbocycles.